The smallest absolute Gasteiger partial charge is 0.340 e. The average molecular weight is 487 g/mol. The summed E-state index contributed by atoms with van der Waals surface area (Å²) in [5.74, 6) is 0.0910. The quantitative estimate of drug-likeness (QED) is 0.400. The molecule has 0 bridgehead atoms. The van der Waals surface area contributed by atoms with Crippen molar-refractivity contribution in [2.24, 2.45) is 0 Å². The summed E-state index contributed by atoms with van der Waals surface area (Å²) in [6, 6.07) is 6.97. The molecule has 3 heterocycles. The van der Waals surface area contributed by atoms with Crippen molar-refractivity contribution in [3.63, 3.8) is 0 Å². The molecule has 0 saturated carbocycles. The molecule has 0 radical (unpaired) electrons. The normalized spacial score (nSPS) is 16.6. The molecule has 1 saturated heterocycles. The van der Waals surface area contributed by atoms with Crippen LogP contribution < -0.4 is 0 Å². The number of halogens is 4. The fraction of sp³-hybridized carbons (Fsp3) is 0.217. The lowest BCUT2D eigenvalue weighted by molar-refractivity contribution is -0.137. The van der Waals surface area contributed by atoms with Gasteiger partial charge in [-0.05, 0) is 37.1 Å². The molecular formula is C23H18ClF3N6O. The Balaban J connectivity index is 1.56. The molecule has 1 atom stereocenters. The SMILES string of the molecule is C=C1CC(c2nc3cc(Cl)c(C(F)(F)F)cc3[nH]2)N(C(=O)c2c(C)cccc2-n2nccn2)C1. The highest BCUT2D eigenvalue weighted by molar-refractivity contribution is 6.32. The molecule has 34 heavy (non-hydrogen) atoms. The van der Waals surface area contributed by atoms with Crippen LogP contribution in [0.4, 0.5) is 13.2 Å². The van der Waals surface area contributed by atoms with Gasteiger partial charge in [0.15, 0.2) is 0 Å². The summed E-state index contributed by atoms with van der Waals surface area (Å²) in [6.07, 6.45) is -1.13. The molecule has 1 unspecified atom stereocenters. The number of carbonyl (C=O) groups is 1. The number of imidazole rings is 1. The number of aryl methyl sites for hydroxylation is 1. The second kappa shape index (κ2) is 7.98. The van der Waals surface area contributed by atoms with Crippen molar-refractivity contribution in [3.8, 4) is 5.69 Å². The monoisotopic (exact) mass is 486 g/mol. The first-order chi connectivity index (χ1) is 16.1. The number of amides is 1. The van der Waals surface area contributed by atoms with E-state index in [1.54, 1.807) is 11.0 Å². The van der Waals surface area contributed by atoms with Crippen LogP contribution in [0.1, 0.15) is 39.8 Å². The van der Waals surface area contributed by atoms with Crippen LogP contribution in [-0.4, -0.2) is 42.3 Å². The first-order valence-electron chi connectivity index (χ1n) is 10.3. The van der Waals surface area contributed by atoms with Crippen LogP contribution in [0, 0.1) is 6.92 Å². The number of benzene rings is 2. The van der Waals surface area contributed by atoms with Gasteiger partial charge in [-0.25, -0.2) is 4.98 Å². The lowest BCUT2D eigenvalue weighted by Gasteiger charge is -2.24. The summed E-state index contributed by atoms with van der Waals surface area (Å²) < 4.78 is 39.9. The van der Waals surface area contributed by atoms with Gasteiger partial charge < -0.3 is 9.88 Å². The van der Waals surface area contributed by atoms with Crippen molar-refractivity contribution in [1.29, 1.82) is 0 Å². The molecule has 5 rings (SSSR count). The first kappa shape index (κ1) is 22.1. The average Bonchev–Trinajstić information content (AvgIpc) is 3.51. The molecule has 1 N–H and O–H groups in total. The number of nitrogens with one attached hydrogen (secondary N) is 1. The Labute approximate surface area is 196 Å². The van der Waals surface area contributed by atoms with E-state index in [2.05, 4.69) is 26.7 Å². The minimum Gasteiger partial charge on any atom is -0.340 e. The molecular weight excluding hydrogens is 469 g/mol. The van der Waals surface area contributed by atoms with E-state index in [-0.39, 0.29) is 23.5 Å². The highest BCUT2D eigenvalue weighted by Gasteiger charge is 2.37. The van der Waals surface area contributed by atoms with Gasteiger partial charge >= 0.3 is 6.18 Å². The number of nitrogens with zero attached hydrogens (tertiary/aromatic N) is 5. The standard InChI is InChI=1S/C23H18ClF3N6O/c1-12-8-19(21-30-16-9-14(23(25,26)27)15(24)10-17(16)31-21)32(11-12)22(34)20-13(2)4-3-5-18(20)33-28-6-7-29-33/h3-7,9-10,19H,1,8,11H2,2H3,(H,30,31). The number of aromatic amines is 1. The Morgan fingerprint density at radius 1 is 1.24 bits per heavy atom. The highest BCUT2D eigenvalue weighted by atomic mass is 35.5. The highest BCUT2D eigenvalue weighted by Crippen LogP contribution is 2.39. The van der Waals surface area contributed by atoms with Gasteiger partial charge in [-0.1, -0.05) is 35.9 Å². The molecule has 2 aromatic carbocycles. The van der Waals surface area contributed by atoms with Gasteiger partial charge in [0.05, 0.1) is 51.3 Å². The van der Waals surface area contributed by atoms with Crippen molar-refractivity contribution < 1.29 is 18.0 Å². The Hall–Kier alpha value is -3.66. The molecule has 1 amide bonds. The Bertz CT molecular complexity index is 1430. The van der Waals surface area contributed by atoms with Crippen LogP contribution in [0.25, 0.3) is 16.7 Å². The summed E-state index contributed by atoms with van der Waals surface area (Å²) in [7, 11) is 0. The molecule has 7 nitrogen and oxygen atoms in total. The van der Waals surface area contributed by atoms with Crippen molar-refractivity contribution in [3.05, 3.63) is 82.4 Å². The van der Waals surface area contributed by atoms with Gasteiger partial charge in [0.1, 0.15) is 5.82 Å². The van der Waals surface area contributed by atoms with Crippen LogP contribution >= 0.6 is 11.6 Å². The molecule has 1 aliphatic heterocycles. The van der Waals surface area contributed by atoms with Crippen molar-refractivity contribution in [2.75, 3.05) is 6.54 Å². The number of likely N-dealkylation sites (tertiary alicyclic amines) is 1. The van der Waals surface area contributed by atoms with Gasteiger partial charge in [0, 0.05) is 6.54 Å². The Morgan fingerprint density at radius 3 is 2.68 bits per heavy atom. The van der Waals surface area contributed by atoms with E-state index in [9.17, 15) is 18.0 Å². The number of carbonyl (C=O) groups excluding carboxylic acids is 1. The maximum absolute atomic E-state index is 13.8. The summed E-state index contributed by atoms with van der Waals surface area (Å²) in [5.41, 5.74) is 2.03. The maximum atomic E-state index is 13.8. The molecule has 0 aliphatic carbocycles. The zero-order valence-electron chi connectivity index (χ0n) is 17.9. The number of alkyl halides is 3. The second-order valence-electron chi connectivity index (χ2n) is 8.16. The van der Waals surface area contributed by atoms with Gasteiger partial charge in [0.2, 0.25) is 0 Å². The number of H-pyrrole nitrogens is 1. The molecule has 11 heteroatoms. The molecule has 2 aromatic heterocycles. The topological polar surface area (TPSA) is 79.7 Å². The summed E-state index contributed by atoms with van der Waals surface area (Å²) in [6.45, 7) is 6.14. The number of hydrogen-bond acceptors (Lipinski definition) is 4. The van der Waals surface area contributed by atoms with Gasteiger partial charge in [-0.15, -0.1) is 0 Å². The van der Waals surface area contributed by atoms with Crippen molar-refractivity contribution in [1.82, 2.24) is 29.9 Å². The van der Waals surface area contributed by atoms with E-state index in [0.717, 1.165) is 17.2 Å². The van der Waals surface area contributed by atoms with E-state index in [4.69, 9.17) is 11.6 Å². The fourth-order valence-electron chi connectivity index (χ4n) is 4.26. The third-order valence-electron chi connectivity index (χ3n) is 5.82. The zero-order chi connectivity index (χ0) is 24.2. The predicted molar refractivity (Wildman–Crippen MR) is 120 cm³/mol. The molecule has 1 fully saturated rings. The largest absolute Gasteiger partial charge is 0.417 e. The van der Waals surface area contributed by atoms with E-state index in [1.807, 2.05) is 19.1 Å². The lowest BCUT2D eigenvalue weighted by Crippen LogP contribution is -2.32. The van der Waals surface area contributed by atoms with Crippen LogP contribution in [0.15, 0.2) is 54.9 Å². The number of rotatable bonds is 3. The number of fused-ring (bicyclic) bond motifs is 1. The van der Waals surface area contributed by atoms with Crippen LogP contribution in [-0.2, 0) is 6.18 Å². The minimum atomic E-state index is -4.60. The lowest BCUT2D eigenvalue weighted by atomic mass is 10.0. The number of aromatic nitrogens is 5. The van der Waals surface area contributed by atoms with Gasteiger partial charge in [-0.2, -0.15) is 28.2 Å². The van der Waals surface area contributed by atoms with Crippen molar-refractivity contribution >= 4 is 28.5 Å². The summed E-state index contributed by atoms with van der Waals surface area (Å²) >= 11 is 5.86. The maximum Gasteiger partial charge on any atom is 0.417 e. The Morgan fingerprint density at radius 2 is 1.97 bits per heavy atom. The third-order valence-corrected chi connectivity index (χ3v) is 6.13. The Kier molecular flexibility index (Phi) is 5.20. The number of hydrogen-bond donors (Lipinski definition) is 1. The van der Waals surface area contributed by atoms with E-state index >= 15 is 0 Å². The summed E-state index contributed by atoms with van der Waals surface area (Å²) in [5, 5.41) is 7.87. The molecule has 0 spiro atoms. The zero-order valence-corrected chi connectivity index (χ0v) is 18.7. The van der Waals surface area contributed by atoms with Gasteiger partial charge in [0.25, 0.3) is 5.91 Å². The van der Waals surface area contributed by atoms with E-state index in [1.165, 1.54) is 23.3 Å². The van der Waals surface area contributed by atoms with Crippen LogP contribution in [0.5, 0.6) is 0 Å². The van der Waals surface area contributed by atoms with E-state index < -0.39 is 22.8 Å². The summed E-state index contributed by atoms with van der Waals surface area (Å²) in [4.78, 5) is 24.2. The van der Waals surface area contributed by atoms with Gasteiger partial charge in [-0.3, -0.25) is 4.79 Å². The van der Waals surface area contributed by atoms with Crippen LogP contribution in [0.2, 0.25) is 5.02 Å². The molecule has 4 aromatic rings. The first-order valence-corrected chi connectivity index (χ1v) is 10.7. The van der Waals surface area contributed by atoms with Crippen molar-refractivity contribution in [2.45, 2.75) is 25.6 Å². The second-order valence-corrected chi connectivity index (χ2v) is 8.57. The van der Waals surface area contributed by atoms with Crippen LogP contribution in [0.3, 0.4) is 0 Å². The fourth-order valence-corrected chi connectivity index (χ4v) is 4.53. The molecule has 174 valence electrons. The van der Waals surface area contributed by atoms with E-state index in [0.29, 0.717) is 23.5 Å². The minimum absolute atomic E-state index is 0.189. The predicted octanol–water partition coefficient (Wildman–Crippen LogP) is 5.27. The third kappa shape index (κ3) is 3.73. The molecule has 1 aliphatic rings.